The molecule has 1 saturated heterocycles. The number of nitrogens with one attached hydrogen (secondary N) is 1. The van der Waals surface area contributed by atoms with E-state index < -0.39 is 0 Å². The molecule has 1 N–H and O–H groups in total. The fraction of sp³-hybridized carbons (Fsp3) is 0.571. The molecular weight excluding hydrogens is 340 g/mol. The van der Waals surface area contributed by atoms with Crippen molar-refractivity contribution in [3.05, 3.63) is 39.8 Å². The van der Waals surface area contributed by atoms with Gasteiger partial charge in [0.15, 0.2) is 0 Å². The zero-order valence-corrected chi connectivity index (χ0v) is 16.8. The van der Waals surface area contributed by atoms with E-state index in [-0.39, 0.29) is 30.0 Å². The molecule has 0 spiro atoms. The number of piperidine rings is 1. The Morgan fingerprint density at radius 1 is 1.33 bits per heavy atom. The topological polar surface area (TPSA) is 67.2 Å². The molecule has 0 saturated carbocycles. The highest BCUT2D eigenvalue weighted by atomic mass is 16.2. The molecule has 146 valence electrons. The van der Waals surface area contributed by atoms with Crippen molar-refractivity contribution in [2.24, 2.45) is 0 Å². The van der Waals surface area contributed by atoms with Crippen LogP contribution in [0.3, 0.4) is 0 Å². The maximum absolute atomic E-state index is 12.9. The number of carbonyl (C=O) groups is 1. The van der Waals surface area contributed by atoms with Crippen LogP contribution in [-0.4, -0.2) is 46.3 Å². The van der Waals surface area contributed by atoms with Crippen LogP contribution >= 0.6 is 0 Å². The number of benzene rings is 1. The van der Waals surface area contributed by atoms with Gasteiger partial charge < -0.3 is 10.2 Å². The maximum Gasteiger partial charge on any atom is 0.275 e. The van der Waals surface area contributed by atoms with Crippen molar-refractivity contribution in [3.63, 3.8) is 0 Å². The molecule has 3 rings (SSSR count). The Morgan fingerprint density at radius 2 is 2.11 bits per heavy atom. The first-order chi connectivity index (χ1) is 12.9. The van der Waals surface area contributed by atoms with Crippen LogP contribution in [0.2, 0.25) is 0 Å². The summed E-state index contributed by atoms with van der Waals surface area (Å²) in [6, 6.07) is 5.93. The maximum atomic E-state index is 12.9. The number of carbonyl (C=O) groups excluding carboxylic acids is 1. The average molecular weight is 370 g/mol. The number of likely N-dealkylation sites (N-methyl/N-ethyl adjacent to an activating group) is 1. The molecule has 2 aromatic rings. The van der Waals surface area contributed by atoms with Crippen molar-refractivity contribution >= 4 is 16.7 Å². The second-order valence-electron chi connectivity index (χ2n) is 7.85. The van der Waals surface area contributed by atoms with Gasteiger partial charge >= 0.3 is 0 Å². The van der Waals surface area contributed by atoms with Crippen molar-refractivity contribution in [1.82, 2.24) is 20.0 Å². The Morgan fingerprint density at radius 3 is 2.81 bits per heavy atom. The number of rotatable bonds is 5. The van der Waals surface area contributed by atoms with E-state index in [1.807, 2.05) is 25.1 Å². The van der Waals surface area contributed by atoms with E-state index in [1.54, 1.807) is 0 Å². The molecule has 1 atom stereocenters. The van der Waals surface area contributed by atoms with Crippen molar-refractivity contribution in [2.45, 2.75) is 59.0 Å². The van der Waals surface area contributed by atoms with Gasteiger partial charge in [-0.1, -0.05) is 32.4 Å². The van der Waals surface area contributed by atoms with Crippen LogP contribution in [-0.2, 0) is 11.3 Å². The summed E-state index contributed by atoms with van der Waals surface area (Å²) in [5.74, 6) is 0.0226. The van der Waals surface area contributed by atoms with Gasteiger partial charge in [-0.2, -0.15) is 5.10 Å². The highest BCUT2D eigenvalue weighted by molar-refractivity contribution is 5.85. The third-order valence-corrected chi connectivity index (χ3v) is 5.30. The molecule has 0 bridgehead atoms. The number of fused-ring (bicyclic) bond motifs is 1. The van der Waals surface area contributed by atoms with Gasteiger partial charge in [-0.15, -0.1) is 0 Å². The van der Waals surface area contributed by atoms with Crippen molar-refractivity contribution in [3.8, 4) is 0 Å². The lowest BCUT2D eigenvalue weighted by Gasteiger charge is -2.32. The van der Waals surface area contributed by atoms with Crippen LogP contribution in [0, 0.1) is 6.92 Å². The SMILES string of the molecule is CCN1CCC[C@@H](NC(=O)Cn2nc(C(C)C)c3cc(C)ccc3c2=O)C1. The highest BCUT2D eigenvalue weighted by Crippen LogP contribution is 2.22. The Hall–Kier alpha value is -2.21. The minimum atomic E-state index is -0.205. The summed E-state index contributed by atoms with van der Waals surface area (Å²) < 4.78 is 1.32. The predicted octanol–water partition coefficient (Wildman–Crippen LogP) is 2.43. The number of hydrogen-bond acceptors (Lipinski definition) is 4. The lowest BCUT2D eigenvalue weighted by Crippen LogP contribution is -2.48. The zero-order valence-electron chi connectivity index (χ0n) is 16.8. The van der Waals surface area contributed by atoms with Crippen molar-refractivity contribution < 1.29 is 4.79 Å². The molecule has 0 radical (unpaired) electrons. The first kappa shape index (κ1) is 19.5. The zero-order chi connectivity index (χ0) is 19.6. The molecular formula is C21H30N4O2. The second-order valence-corrected chi connectivity index (χ2v) is 7.85. The van der Waals surface area contributed by atoms with Gasteiger partial charge in [-0.05, 0) is 50.9 Å². The highest BCUT2D eigenvalue weighted by Gasteiger charge is 2.21. The van der Waals surface area contributed by atoms with Gasteiger partial charge in [0, 0.05) is 18.0 Å². The molecule has 1 aliphatic rings. The van der Waals surface area contributed by atoms with Crippen LogP contribution in [0.4, 0.5) is 0 Å². The Labute approximate surface area is 160 Å². The van der Waals surface area contributed by atoms with E-state index in [1.165, 1.54) is 4.68 Å². The second kappa shape index (κ2) is 8.21. The van der Waals surface area contributed by atoms with Crippen LogP contribution in [0.1, 0.15) is 50.8 Å². The van der Waals surface area contributed by atoms with Crippen LogP contribution in [0.5, 0.6) is 0 Å². The molecule has 1 aromatic carbocycles. The van der Waals surface area contributed by atoms with Crippen molar-refractivity contribution in [2.75, 3.05) is 19.6 Å². The van der Waals surface area contributed by atoms with E-state index in [4.69, 9.17) is 0 Å². The largest absolute Gasteiger partial charge is 0.350 e. The summed E-state index contributed by atoms with van der Waals surface area (Å²) in [7, 11) is 0. The van der Waals surface area contributed by atoms with Gasteiger partial charge in [0.25, 0.3) is 5.56 Å². The van der Waals surface area contributed by atoms with E-state index in [9.17, 15) is 9.59 Å². The van der Waals surface area contributed by atoms with E-state index in [2.05, 4.69) is 36.1 Å². The van der Waals surface area contributed by atoms with Gasteiger partial charge in [0.05, 0.1) is 11.1 Å². The predicted molar refractivity (Wildman–Crippen MR) is 108 cm³/mol. The minimum absolute atomic E-state index is 0.0367. The summed E-state index contributed by atoms with van der Waals surface area (Å²) in [5.41, 5.74) is 1.75. The lowest BCUT2D eigenvalue weighted by molar-refractivity contribution is -0.123. The summed E-state index contributed by atoms with van der Waals surface area (Å²) in [5, 5.41) is 9.14. The van der Waals surface area contributed by atoms with Crippen LogP contribution in [0.15, 0.2) is 23.0 Å². The monoisotopic (exact) mass is 370 g/mol. The van der Waals surface area contributed by atoms with Crippen LogP contribution in [0.25, 0.3) is 10.8 Å². The first-order valence-electron chi connectivity index (χ1n) is 9.92. The lowest BCUT2D eigenvalue weighted by atomic mass is 10.0. The Bertz CT molecular complexity index is 888. The van der Waals surface area contributed by atoms with Crippen molar-refractivity contribution in [1.29, 1.82) is 0 Å². The van der Waals surface area contributed by atoms with Gasteiger partial charge in [0.2, 0.25) is 5.91 Å². The molecule has 6 nitrogen and oxygen atoms in total. The summed E-state index contributed by atoms with van der Waals surface area (Å²) in [6.45, 7) is 11.2. The Kier molecular flexibility index (Phi) is 5.95. The molecule has 2 heterocycles. The summed E-state index contributed by atoms with van der Waals surface area (Å²) >= 11 is 0. The number of aryl methyl sites for hydroxylation is 1. The average Bonchev–Trinajstić information content (AvgIpc) is 2.63. The number of hydrogen-bond donors (Lipinski definition) is 1. The van der Waals surface area contributed by atoms with Crippen LogP contribution < -0.4 is 10.9 Å². The molecule has 0 unspecified atom stereocenters. The molecule has 1 fully saturated rings. The fourth-order valence-electron chi connectivity index (χ4n) is 3.83. The third kappa shape index (κ3) is 4.38. The normalized spacial score (nSPS) is 18.2. The summed E-state index contributed by atoms with van der Waals surface area (Å²) in [4.78, 5) is 27.8. The number of likely N-dealkylation sites (tertiary alicyclic amines) is 1. The number of nitrogens with zero attached hydrogens (tertiary/aromatic N) is 3. The molecule has 0 aliphatic carbocycles. The number of amides is 1. The molecule has 27 heavy (non-hydrogen) atoms. The molecule has 1 amide bonds. The van der Waals surface area contributed by atoms with E-state index in [0.717, 1.165) is 49.1 Å². The quantitative estimate of drug-likeness (QED) is 0.878. The van der Waals surface area contributed by atoms with E-state index >= 15 is 0 Å². The molecule has 6 heteroatoms. The number of aromatic nitrogens is 2. The van der Waals surface area contributed by atoms with Gasteiger partial charge in [-0.3, -0.25) is 9.59 Å². The van der Waals surface area contributed by atoms with Gasteiger partial charge in [0.1, 0.15) is 6.54 Å². The Balaban J connectivity index is 1.84. The molecule has 1 aliphatic heterocycles. The van der Waals surface area contributed by atoms with E-state index in [0.29, 0.717) is 5.39 Å². The van der Waals surface area contributed by atoms with Gasteiger partial charge in [-0.25, -0.2) is 4.68 Å². The third-order valence-electron chi connectivity index (χ3n) is 5.30. The molecule has 1 aromatic heterocycles. The summed E-state index contributed by atoms with van der Waals surface area (Å²) in [6.07, 6.45) is 2.07. The smallest absolute Gasteiger partial charge is 0.275 e. The fourth-order valence-corrected chi connectivity index (χ4v) is 3.83. The first-order valence-corrected chi connectivity index (χ1v) is 9.92. The minimum Gasteiger partial charge on any atom is -0.350 e. The standard InChI is InChI=1S/C21H30N4O2/c1-5-24-10-6-7-16(12-24)22-19(26)13-25-21(27)17-9-8-15(4)11-18(17)20(23-25)14(2)3/h8-9,11,14,16H,5-7,10,12-13H2,1-4H3,(H,22,26)/t16-/m1/s1.